The molecule has 1 saturated heterocycles. The van der Waals surface area contributed by atoms with Crippen LogP contribution >= 0.6 is 11.6 Å². The third-order valence-electron chi connectivity index (χ3n) is 4.20. The number of hydrogen-bond acceptors (Lipinski definition) is 3. The zero-order valence-corrected chi connectivity index (χ0v) is 15.2. The largest absolute Gasteiger partial charge is 0.484 e. The third-order valence-corrected chi connectivity index (χ3v) is 4.43. The van der Waals surface area contributed by atoms with Gasteiger partial charge in [0.2, 0.25) is 5.91 Å². The fraction of sp³-hybridized carbons (Fsp3) is 0.300. The van der Waals surface area contributed by atoms with Crippen molar-refractivity contribution >= 4 is 29.1 Å². The van der Waals surface area contributed by atoms with Crippen molar-refractivity contribution in [3.05, 3.63) is 59.1 Å². The van der Waals surface area contributed by atoms with E-state index in [0.29, 0.717) is 30.2 Å². The molecule has 1 heterocycles. The van der Waals surface area contributed by atoms with Crippen LogP contribution in [0.1, 0.15) is 18.4 Å². The molecular weight excluding hydrogens is 352 g/mol. The molecule has 2 aromatic carbocycles. The van der Waals surface area contributed by atoms with E-state index in [-0.39, 0.29) is 18.4 Å². The predicted octanol–water partition coefficient (Wildman–Crippen LogP) is 3.20. The Kier molecular flexibility index (Phi) is 6.12. The number of rotatable bonds is 7. The average molecular weight is 373 g/mol. The van der Waals surface area contributed by atoms with E-state index in [9.17, 15) is 9.59 Å². The normalized spacial score (nSPS) is 13.7. The van der Waals surface area contributed by atoms with Crippen molar-refractivity contribution in [1.82, 2.24) is 5.32 Å². The highest BCUT2D eigenvalue weighted by molar-refractivity contribution is 6.30. The molecule has 0 radical (unpaired) electrons. The third kappa shape index (κ3) is 4.99. The number of carbonyl (C=O) groups is 2. The molecule has 1 fully saturated rings. The summed E-state index contributed by atoms with van der Waals surface area (Å²) in [5.74, 6) is 0.516. The summed E-state index contributed by atoms with van der Waals surface area (Å²) in [6.45, 7) is 1.18. The number of amides is 2. The lowest BCUT2D eigenvalue weighted by molar-refractivity contribution is -0.123. The molecule has 1 aliphatic rings. The Bertz CT molecular complexity index is 794. The molecule has 0 unspecified atom stereocenters. The fourth-order valence-electron chi connectivity index (χ4n) is 2.90. The summed E-state index contributed by atoms with van der Waals surface area (Å²) in [6, 6.07) is 14.8. The molecule has 0 spiro atoms. The van der Waals surface area contributed by atoms with Gasteiger partial charge in [0.05, 0.1) is 0 Å². The van der Waals surface area contributed by atoms with Gasteiger partial charge in [0.15, 0.2) is 6.61 Å². The Morgan fingerprint density at radius 2 is 2.04 bits per heavy atom. The number of nitrogens with one attached hydrogen (secondary N) is 1. The van der Waals surface area contributed by atoms with Crippen LogP contribution in [-0.2, 0) is 16.0 Å². The molecule has 1 aliphatic heterocycles. The molecule has 2 amide bonds. The Balaban J connectivity index is 1.45. The number of nitrogens with zero attached hydrogens (tertiary/aromatic N) is 1. The van der Waals surface area contributed by atoms with Gasteiger partial charge in [-0.2, -0.15) is 0 Å². The number of anilines is 1. The van der Waals surface area contributed by atoms with E-state index in [4.69, 9.17) is 16.3 Å². The topological polar surface area (TPSA) is 58.6 Å². The lowest BCUT2D eigenvalue weighted by Crippen LogP contribution is -2.30. The lowest BCUT2D eigenvalue weighted by Gasteiger charge is -2.16. The highest BCUT2D eigenvalue weighted by Crippen LogP contribution is 2.25. The van der Waals surface area contributed by atoms with Crippen molar-refractivity contribution in [3.8, 4) is 5.75 Å². The van der Waals surface area contributed by atoms with Gasteiger partial charge >= 0.3 is 0 Å². The van der Waals surface area contributed by atoms with Crippen LogP contribution in [0.5, 0.6) is 5.75 Å². The standard InChI is InChI=1S/C20H21ClN2O3/c21-16-5-1-4-15(12-16)9-10-22-19(24)14-26-18-7-2-6-17(13-18)23-11-3-8-20(23)25/h1-2,4-7,12-13H,3,8-11,14H2,(H,22,24). The zero-order valence-electron chi connectivity index (χ0n) is 14.4. The maximum Gasteiger partial charge on any atom is 0.257 e. The maximum atomic E-state index is 11.9. The van der Waals surface area contributed by atoms with E-state index in [0.717, 1.165) is 24.2 Å². The summed E-state index contributed by atoms with van der Waals surface area (Å²) < 4.78 is 5.55. The Hall–Kier alpha value is -2.53. The van der Waals surface area contributed by atoms with Crippen LogP contribution in [0.2, 0.25) is 5.02 Å². The second-order valence-electron chi connectivity index (χ2n) is 6.16. The lowest BCUT2D eigenvalue weighted by atomic mass is 10.1. The first kappa shape index (κ1) is 18.3. The van der Waals surface area contributed by atoms with Crippen LogP contribution in [0.3, 0.4) is 0 Å². The summed E-state index contributed by atoms with van der Waals surface area (Å²) >= 11 is 5.94. The number of ether oxygens (including phenoxy) is 1. The van der Waals surface area contributed by atoms with E-state index in [2.05, 4.69) is 5.32 Å². The maximum absolute atomic E-state index is 11.9. The van der Waals surface area contributed by atoms with Crippen LogP contribution in [0.4, 0.5) is 5.69 Å². The second kappa shape index (κ2) is 8.72. The highest BCUT2D eigenvalue weighted by Gasteiger charge is 2.21. The number of hydrogen-bond donors (Lipinski definition) is 1. The monoisotopic (exact) mass is 372 g/mol. The highest BCUT2D eigenvalue weighted by atomic mass is 35.5. The Labute approximate surface area is 157 Å². The minimum absolute atomic E-state index is 0.0626. The molecular formula is C20H21ClN2O3. The Morgan fingerprint density at radius 3 is 2.81 bits per heavy atom. The van der Waals surface area contributed by atoms with Crippen molar-refractivity contribution in [1.29, 1.82) is 0 Å². The SMILES string of the molecule is O=C(COc1cccc(N2CCCC2=O)c1)NCCc1cccc(Cl)c1. The van der Waals surface area contributed by atoms with Crippen LogP contribution in [0.25, 0.3) is 0 Å². The molecule has 0 atom stereocenters. The van der Waals surface area contributed by atoms with Crippen molar-refractivity contribution < 1.29 is 14.3 Å². The molecule has 136 valence electrons. The van der Waals surface area contributed by atoms with Crippen LogP contribution in [0, 0.1) is 0 Å². The summed E-state index contributed by atoms with van der Waals surface area (Å²) in [4.78, 5) is 25.5. The summed E-state index contributed by atoms with van der Waals surface area (Å²) in [5.41, 5.74) is 1.88. The fourth-order valence-corrected chi connectivity index (χ4v) is 3.11. The van der Waals surface area contributed by atoms with Crippen LogP contribution < -0.4 is 15.0 Å². The molecule has 2 aromatic rings. The molecule has 5 nitrogen and oxygen atoms in total. The van der Waals surface area contributed by atoms with Crippen LogP contribution in [0.15, 0.2) is 48.5 Å². The molecule has 26 heavy (non-hydrogen) atoms. The average Bonchev–Trinajstić information content (AvgIpc) is 3.06. The number of benzene rings is 2. The van der Waals surface area contributed by atoms with Gasteiger partial charge in [-0.15, -0.1) is 0 Å². The van der Waals surface area contributed by atoms with Crippen molar-refractivity contribution in [2.45, 2.75) is 19.3 Å². The predicted molar refractivity (Wildman–Crippen MR) is 102 cm³/mol. The summed E-state index contributed by atoms with van der Waals surface area (Å²) in [7, 11) is 0. The van der Waals surface area contributed by atoms with Gasteiger partial charge in [0, 0.05) is 36.3 Å². The first-order chi connectivity index (χ1) is 12.6. The molecule has 0 aliphatic carbocycles. The number of halogens is 1. The minimum Gasteiger partial charge on any atom is -0.484 e. The molecule has 3 rings (SSSR count). The summed E-state index contributed by atoms with van der Waals surface area (Å²) in [5, 5.41) is 3.51. The van der Waals surface area contributed by atoms with Gasteiger partial charge in [0.1, 0.15) is 5.75 Å². The molecule has 0 aromatic heterocycles. The van der Waals surface area contributed by atoms with E-state index < -0.39 is 0 Å². The quantitative estimate of drug-likeness (QED) is 0.811. The van der Waals surface area contributed by atoms with E-state index in [1.807, 2.05) is 36.4 Å². The van der Waals surface area contributed by atoms with Crippen molar-refractivity contribution in [3.63, 3.8) is 0 Å². The zero-order chi connectivity index (χ0) is 18.4. The first-order valence-electron chi connectivity index (χ1n) is 8.66. The van der Waals surface area contributed by atoms with E-state index in [1.54, 1.807) is 17.0 Å². The van der Waals surface area contributed by atoms with Gasteiger partial charge in [0.25, 0.3) is 5.91 Å². The van der Waals surface area contributed by atoms with Gasteiger partial charge < -0.3 is 15.0 Å². The Morgan fingerprint density at radius 1 is 1.19 bits per heavy atom. The van der Waals surface area contributed by atoms with Gasteiger partial charge in [-0.05, 0) is 42.7 Å². The number of carbonyl (C=O) groups excluding carboxylic acids is 2. The van der Waals surface area contributed by atoms with Gasteiger partial charge in [-0.25, -0.2) is 0 Å². The van der Waals surface area contributed by atoms with Crippen molar-refractivity contribution in [2.75, 3.05) is 24.6 Å². The first-order valence-corrected chi connectivity index (χ1v) is 9.04. The molecule has 0 bridgehead atoms. The smallest absolute Gasteiger partial charge is 0.257 e. The van der Waals surface area contributed by atoms with Crippen molar-refractivity contribution in [2.24, 2.45) is 0 Å². The van der Waals surface area contributed by atoms with Gasteiger partial charge in [-0.1, -0.05) is 29.8 Å². The molecule has 6 heteroatoms. The van der Waals surface area contributed by atoms with Crippen LogP contribution in [-0.4, -0.2) is 31.5 Å². The molecule has 1 N–H and O–H groups in total. The summed E-state index contributed by atoms with van der Waals surface area (Å²) in [6.07, 6.45) is 2.16. The molecule has 0 saturated carbocycles. The van der Waals surface area contributed by atoms with E-state index in [1.165, 1.54) is 0 Å². The van der Waals surface area contributed by atoms with E-state index >= 15 is 0 Å². The second-order valence-corrected chi connectivity index (χ2v) is 6.60. The minimum atomic E-state index is -0.185. The van der Waals surface area contributed by atoms with Gasteiger partial charge in [-0.3, -0.25) is 9.59 Å².